The van der Waals surface area contributed by atoms with Crippen molar-refractivity contribution < 1.29 is 18.7 Å². The van der Waals surface area contributed by atoms with E-state index in [0.29, 0.717) is 50.0 Å². The maximum atomic E-state index is 13.1. The Kier molecular flexibility index (Phi) is 5.23. The van der Waals surface area contributed by atoms with Gasteiger partial charge < -0.3 is 14.5 Å². The molecule has 1 unspecified atom stereocenters. The summed E-state index contributed by atoms with van der Waals surface area (Å²) in [7, 11) is 0. The van der Waals surface area contributed by atoms with Crippen molar-refractivity contribution in [3.8, 4) is 0 Å². The third kappa shape index (κ3) is 3.34. The highest BCUT2D eigenvalue weighted by atomic mass is 16.5. The molecule has 1 aromatic heterocycles. The second kappa shape index (κ2) is 7.87. The smallest absolute Gasteiger partial charge is 0.336 e. The second-order valence-electron chi connectivity index (χ2n) is 7.56. The van der Waals surface area contributed by atoms with Crippen molar-refractivity contribution in [1.82, 2.24) is 5.32 Å². The summed E-state index contributed by atoms with van der Waals surface area (Å²) < 4.78 is 11.5. The van der Waals surface area contributed by atoms with E-state index in [9.17, 15) is 14.4 Å². The lowest BCUT2D eigenvalue weighted by molar-refractivity contribution is -0.138. The van der Waals surface area contributed by atoms with Crippen LogP contribution in [0.5, 0.6) is 0 Å². The Morgan fingerprint density at radius 1 is 1.00 bits per heavy atom. The van der Waals surface area contributed by atoms with Gasteiger partial charge in [0, 0.05) is 22.5 Å². The number of para-hydroxylation sites is 2. The fourth-order valence-corrected chi connectivity index (χ4v) is 4.32. The van der Waals surface area contributed by atoms with E-state index in [-0.39, 0.29) is 17.8 Å². The largest absolute Gasteiger partial charge is 0.463 e. The number of carbonyl (C=O) groups is 2. The van der Waals surface area contributed by atoms with Crippen molar-refractivity contribution in [3.63, 3.8) is 0 Å². The monoisotopic (exact) mass is 417 g/mol. The summed E-state index contributed by atoms with van der Waals surface area (Å²) in [5, 5.41) is 4.01. The van der Waals surface area contributed by atoms with Crippen LogP contribution in [0.2, 0.25) is 0 Å². The third-order valence-electron chi connectivity index (χ3n) is 5.58. The molecule has 0 bridgehead atoms. The highest BCUT2D eigenvalue weighted by molar-refractivity contribution is 6.03. The number of hydrogen-bond acceptors (Lipinski definition) is 6. The van der Waals surface area contributed by atoms with Gasteiger partial charge >= 0.3 is 5.97 Å². The molecule has 2 aromatic carbocycles. The topological polar surface area (TPSA) is 85.6 Å². The fourth-order valence-electron chi connectivity index (χ4n) is 4.32. The first kappa shape index (κ1) is 20.6. The van der Waals surface area contributed by atoms with Crippen LogP contribution in [0.25, 0.3) is 21.9 Å². The SMILES string of the molecule is CCOC(=O)C1=C(C)NC(C)=C(C(C)=O)C1c1cccc2c(=O)c3ccccc3oc12. The molecule has 31 heavy (non-hydrogen) atoms. The standard InChI is InChI=1S/C25H23NO5/c1-5-30-25(29)21-14(3)26-13(2)20(15(4)27)22(21)17-10-8-11-18-23(28)16-9-6-7-12-19(16)31-24(17)18/h6-12,22,26H,5H2,1-4H3. The Labute approximate surface area is 179 Å². The Morgan fingerprint density at radius 3 is 2.39 bits per heavy atom. The molecule has 1 aliphatic heterocycles. The van der Waals surface area contributed by atoms with Crippen molar-refractivity contribution in [1.29, 1.82) is 0 Å². The summed E-state index contributed by atoms with van der Waals surface area (Å²) in [6, 6.07) is 12.3. The lowest BCUT2D eigenvalue weighted by atomic mass is 9.78. The van der Waals surface area contributed by atoms with Gasteiger partial charge in [-0.2, -0.15) is 0 Å². The zero-order chi connectivity index (χ0) is 22.3. The molecule has 0 saturated carbocycles. The number of benzene rings is 2. The number of fused-ring (bicyclic) bond motifs is 2. The summed E-state index contributed by atoms with van der Waals surface area (Å²) in [4.78, 5) is 38.7. The van der Waals surface area contributed by atoms with E-state index in [2.05, 4.69) is 5.32 Å². The van der Waals surface area contributed by atoms with Crippen LogP contribution in [0, 0.1) is 0 Å². The van der Waals surface area contributed by atoms with Crippen LogP contribution in [-0.2, 0) is 14.3 Å². The maximum Gasteiger partial charge on any atom is 0.336 e. The first-order chi connectivity index (χ1) is 14.8. The molecule has 0 aliphatic carbocycles. The minimum absolute atomic E-state index is 0.156. The molecule has 0 radical (unpaired) electrons. The number of ketones is 1. The van der Waals surface area contributed by atoms with Crippen molar-refractivity contribution in [2.24, 2.45) is 0 Å². The average Bonchev–Trinajstić information content (AvgIpc) is 2.73. The van der Waals surface area contributed by atoms with E-state index in [0.717, 1.165) is 0 Å². The second-order valence-corrected chi connectivity index (χ2v) is 7.56. The number of dihydropyridines is 1. The van der Waals surface area contributed by atoms with Crippen molar-refractivity contribution in [2.75, 3.05) is 6.61 Å². The van der Waals surface area contributed by atoms with Gasteiger partial charge in [0.25, 0.3) is 0 Å². The predicted molar refractivity (Wildman–Crippen MR) is 119 cm³/mol. The van der Waals surface area contributed by atoms with Crippen LogP contribution in [-0.4, -0.2) is 18.4 Å². The highest BCUT2D eigenvalue weighted by Crippen LogP contribution is 2.41. The first-order valence-corrected chi connectivity index (χ1v) is 10.2. The number of rotatable bonds is 4. The van der Waals surface area contributed by atoms with Gasteiger partial charge in [-0.25, -0.2) is 4.79 Å². The molecule has 0 fully saturated rings. The van der Waals surface area contributed by atoms with Gasteiger partial charge in [-0.1, -0.05) is 24.3 Å². The molecule has 1 N–H and O–H groups in total. The lowest BCUT2D eigenvalue weighted by Crippen LogP contribution is -2.31. The Morgan fingerprint density at radius 2 is 1.68 bits per heavy atom. The minimum atomic E-state index is -0.717. The Balaban J connectivity index is 2.09. The van der Waals surface area contributed by atoms with Gasteiger partial charge in [-0.3, -0.25) is 9.59 Å². The van der Waals surface area contributed by atoms with Gasteiger partial charge in [-0.05, 0) is 45.9 Å². The van der Waals surface area contributed by atoms with Gasteiger partial charge in [0.15, 0.2) is 5.78 Å². The van der Waals surface area contributed by atoms with Gasteiger partial charge in [0.1, 0.15) is 11.2 Å². The Hall–Kier alpha value is -3.67. The van der Waals surface area contributed by atoms with Gasteiger partial charge in [0.05, 0.1) is 28.9 Å². The number of esters is 1. The molecule has 4 rings (SSSR count). The zero-order valence-corrected chi connectivity index (χ0v) is 17.9. The molecular weight excluding hydrogens is 394 g/mol. The van der Waals surface area contributed by atoms with E-state index in [4.69, 9.17) is 9.15 Å². The van der Waals surface area contributed by atoms with Crippen molar-refractivity contribution in [2.45, 2.75) is 33.6 Å². The lowest BCUT2D eigenvalue weighted by Gasteiger charge is -2.30. The molecule has 6 heteroatoms. The molecule has 1 atom stereocenters. The number of hydrogen-bond donors (Lipinski definition) is 1. The molecule has 2 heterocycles. The molecule has 0 amide bonds. The first-order valence-electron chi connectivity index (χ1n) is 10.2. The van der Waals surface area contributed by atoms with Crippen LogP contribution < -0.4 is 10.7 Å². The van der Waals surface area contributed by atoms with E-state index in [1.165, 1.54) is 6.92 Å². The summed E-state index contributed by atoms with van der Waals surface area (Å²) in [5.41, 5.74) is 3.26. The van der Waals surface area contributed by atoms with E-state index in [1.54, 1.807) is 63.2 Å². The molecule has 1 aliphatic rings. The zero-order valence-electron chi connectivity index (χ0n) is 17.9. The minimum Gasteiger partial charge on any atom is -0.463 e. The van der Waals surface area contributed by atoms with E-state index < -0.39 is 11.9 Å². The number of carbonyl (C=O) groups excluding carboxylic acids is 2. The predicted octanol–water partition coefficient (Wildman–Crippen LogP) is 4.33. The number of nitrogens with one attached hydrogen (secondary N) is 1. The molecule has 0 saturated heterocycles. The highest BCUT2D eigenvalue weighted by Gasteiger charge is 2.37. The molecule has 6 nitrogen and oxygen atoms in total. The summed E-state index contributed by atoms with van der Waals surface area (Å²) in [5.74, 6) is -1.40. The van der Waals surface area contributed by atoms with Gasteiger partial charge in [0.2, 0.25) is 5.43 Å². The summed E-state index contributed by atoms with van der Waals surface area (Å²) in [6.07, 6.45) is 0. The van der Waals surface area contributed by atoms with Crippen LogP contribution in [0.15, 0.2) is 74.2 Å². The maximum absolute atomic E-state index is 13.1. The normalized spacial score (nSPS) is 16.6. The molecular formula is C25H23NO5. The van der Waals surface area contributed by atoms with Crippen LogP contribution >= 0.6 is 0 Å². The number of allylic oxidation sites excluding steroid dienone is 3. The molecule has 158 valence electrons. The quantitative estimate of drug-likeness (QED) is 0.502. The summed E-state index contributed by atoms with van der Waals surface area (Å²) >= 11 is 0. The molecule has 3 aromatic rings. The summed E-state index contributed by atoms with van der Waals surface area (Å²) in [6.45, 7) is 6.97. The Bertz CT molecular complexity index is 1360. The average molecular weight is 417 g/mol. The van der Waals surface area contributed by atoms with Crippen LogP contribution in [0.3, 0.4) is 0 Å². The molecule has 0 spiro atoms. The van der Waals surface area contributed by atoms with E-state index >= 15 is 0 Å². The van der Waals surface area contributed by atoms with E-state index in [1.807, 2.05) is 0 Å². The van der Waals surface area contributed by atoms with Gasteiger partial charge in [-0.15, -0.1) is 0 Å². The fraction of sp³-hybridized carbons (Fsp3) is 0.240. The van der Waals surface area contributed by atoms with Crippen LogP contribution in [0.4, 0.5) is 0 Å². The van der Waals surface area contributed by atoms with Crippen molar-refractivity contribution >= 4 is 33.7 Å². The number of ether oxygens (including phenoxy) is 1. The van der Waals surface area contributed by atoms with Crippen molar-refractivity contribution in [3.05, 3.63) is 80.8 Å². The number of Topliss-reactive ketones (excluding diaryl/α,β-unsaturated/α-hetero) is 1. The van der Waals surface area contributed by atoms with Crippen LogP contribution in [0.1, 0.15) is 39.2 Å². The third-order valence-corrected chi connectivity index (χ3v) is 5.58.